The van der Waals surface area contributed by atoms with E-state index in [1.54, 1.807) is 36.2 Å². The summed E-state index contributed by atoms with van der Waals surface area (Å²) < 4.78 is 6.21. The maximum atomic E-state index is 13.6. The molecule has 6 nitrogen and oxygen atoms in total. The van der Waals surface area contributed by atoms with E-state index >= 15 is 0 Å². The van der Waals surface area contributed by atoms with Gasteiger partial charge in [-0.25, -0.2) is 9.78 Å². The van der Waals surface area contributed by atoms with Crippen molar-refractivity contribution in [3.05, 3.63) is 80.3 Å². The van der Waals surface area contributed by atoms with Gasteiger partial charge in [0, 0.05) is 33.4 Å². The number of carbonyl (C=O) groups excluding carboxylic acids is 2. The number of ketones is 1. The molecule has 0 amide bonds. The van der Waals surface area contributed by atoms with Crippen LogP contribution in [0, 0.1) is 5.41 Å². The van der Waals surface area contributed by atoms with Crippen LogP contribution in [0.2, 0.25) is 5.02 Å². The zero-order chi connectivity index (χ0) is 23.9. The van der Waals surface area contributed by atoms with Crippen molar-refractivity contribution in [2.75, 3.05) is 11.5 Å². The number of rotatable bonds is 4. The molecule has 8 heteroatoms. The first-order valence-corrected chi connectivity index (χ1v) is 11.9. The van der Waals surface area contributed by atoms with E-state index < -0.39 is 11.9 Å². The van der Waals surface area contributed by atoms with Gasteiger partial charge in [-0.3, -0.25) is 9.69 Å². The summed E-state index contributed by atoms with van der Waals surface area (Å²) in [5.74, 6) is -0.469. The summed E-state index contributed by atoms with van der Waals surface area (Å²) in [5.41, 5.74) is 8.74. The molecule has 1 aliphatic heterocycles. The minimum absolute atomic E-state index is 0.0161. The Balaban J connectivity index is 2.01. The maximum Gasteiger partial charge on any atom is 0.338 e. The Morgan fingerprint density at radius 3 is 2.55 bits per heavy atom. The number of hydrogen-bond donors (Lipinski definition) is 1. The predicted molar refractivity (Wildman–Crippen MR) is 132 cm³/mol. The van der Waals surface area contributed by atoms with E-state index in [2.05, 4.69) is 34.8 Å². The second-order valence-electron chi connectivity index (χ2n) is 8.98. The van der Waals surface area contributed by atoms with Crippen LogP contribution in [0.25, 0.3) is 0 Å². The number of ether oxygens (including phenoxy) is 1. The van der Waals surface area contributed by atoms with Crippen LogP contribution in [0.3, 0.4) is 0 Å². The lowest BCUT2D eigenvalue weighted by molar-refractivity contribution is -0.138. The number of pyridine rings is 1. The largest absolute Gasteiger partial charge is 0.463 e. The molecule has 0 saturated carbocycles. The summed E-state index contributed by atoms with van der Waals surface area (Å²) in [6.45, 7) is 6.04. The van der Waals surface area contributed by atoms with E-state index in [1.165, 1.54) is 0 Å². The van der Waals surface area contributed by atoms with Crippen LogP contribution < -0.4 is 10.6 Å². The average molecular weight is 531 g/mol. The zero-order valence-corrected chi connectivity index (χ0v) is 21.0. The molecule has 0 radical (unpaired) electrons. The molecule has 2 heterocycles. The van der Waals surface area contributed by atoms with Crippen molar-refractivity contribution >= 4 is 45.1 Å². The molecule has 0 saturated heterocycles. The molecule has 33 heavy (non-hydrogen) atoms. The average Bonchev–Trinajstić information content (AvgIpc) is 2.74. The Bertz CT molecular complexity index is 1170. The molecule has 0 spiro atoms. The Morgan fingerprint density at radius 1 is 1.24 bits per heavy atom. The molecular formula is C25H25BrClN3O3. The first-order valence-electron chi connectivity index (χ1n) is 10.7. The summed E-state index contributed by atoms with van der Waals surface area (Å²) in [7, 11) is 0. The van der Waals surface area contributed by atoms with Crippen molar-refractivity contribution in [1.29, 1.82) is 0 Å². The van der Waals surface area contributed by atoms with Crippen LogP contribution in [0.15, 0.2) is 69.7 Å². The lowest BCUT2D eigenvalue weighted by atomic mass is 9.68. The first kappa shape index (κ1) is 23.5. The van der Waals surface area contributed by atoms with Crippen LogP contribution in [0.4, 0.5) is 5.82 Å². The van der Waals surface area contributed by atoms with E-state index in [1.807, 2.05) is 18.2 Å². The van der Waals surface area contributed by atoms with Crippen molar-refractivity contribution in [2.24, 2.45) is 11.1 Å². The van der Waals surface area contributed by atoms with E-state index in [0.29, 0.717) is 29.3 Å². The van der Waals surface area contributed by atoms with Gasteiger partial charge >= 0.3 is 5.97 Å². The van der Waals surface area contributed by atoms with Gasteiger partial charge in [0.1, 0.15) is 11.6 Å². The van der Waals surface area contributed by atoms with Crippen LogP contribution in [-0.4, -0.2) is 23.3 Å². The number of hydrogen-bond acceptors (Lipinski definition) is 6. The third kappa shape index (κ3) is 4.44. The summed E-state index contributed by atoms with van der Waals surface area (Å²) in [4.78, 5) is 33.1. The number of halogens is 2. The molecule has 1 atom stereocenters. The summed E-state index contributed by atoms with van der Waals surface area (Å²) in [5, 5.41) is 0.565. The monoisotopic (exact) mass is 529 g/mol. The fourth-order valence-electron chi connectivity index (χ4n) is 4.57. The van der Waals surface area contributed by atoms with Crippen LogP contribution in [0.1, 0.15) is 45.1 Å². The number of allylic oxidation sites excluding steroid dienone is 2. The number of aromatic nitrogens is 1. The van der Waals surface area contributed by atoms with Crippen LogP contribution in [0.5, 0.6) is 0 Å². The number of esters is 1. The standard InChI is InChI=1S/C25H25BrClN3O3/c1-4-33-24(32)22-20(14-5-8-16(27)9-6-14)21-17(11-25(2,3)12-18(21)31)30(23(22)28)19-10-7-15(26)13-29-19/h5-10,13,20H,4,11-12,28H2,1-3H3. The molecule has 172 valence electrons. The second kappa shape index (κ2) is 8.95. The van der Waals surface area contributed by atoms with Gasteiger partial charge in [0.25, 0.3) is 0 Å². The number of anilines is 1. The van der Waals surface area contributed by atoms with Gasteiger partial charge < -0.3 is 10.5 Å². The Kier molecular flexibility index (Phi) is 6.38. The Labute approximate surface area is 206 Å². The van der Waals surface area contributed by atoms with E-state index in [4.69, 9.17) is 22.1 Å². The van der Waals surface area contributed by atoms with Crippen molar-refractivity contribution in [2.45, 2.75) is 39.5 Å². The van der Waals surface area contributed by atoms with Crippen molar-refractivity contribution in [3.63, 3.8) is 0 Å². The molecular weight excluding hydrogens is 506 g/mol. The maximum absolute atomic E-state index is 13.6. The normalized spacial score (nSPS) is 20.1. The molecule has 4 rings (SSSR count). The number of benzene rings is 1. The summed E-state index contributed by atoms with van der Waals surface area (Å²) in [6, 6.07) is 10.8. The van der Waals surface area contributed by atoms with Gasteiger partial charge in [-0.15, -0.1) is 0 Å². The molecule has 1 aromatic carbocycles. The third-order valence-corrected chi connectivity index (χ3v) is 6.62. The third-order valence-electron chi connectivity index (χ3n) is 5.90. The van der Waals surface area contributed by atoms with Crippen molar-refractivity contribution in [3.8, 4) is 0 Å². The fraction of sp³-hybridized carbons (Fsp3) is 0.320. The van der Waals surface area contributed by atoms with E-state index in [-0.39, 0.29) is 29.2 Å². The molecule has 0 fully saturated rings. The van der Waals surface area contributed by atoms with Gasteiger partial charge in [0.05, 0.1) is 18.1 Å². The molecule has 2 N–H and O–H groups in total. The summed E-state index contributed by atoms with van der Waals surface area (Å²) in [6.07, 6.45) is 2.63. The van der Waals surface area contributed by atoms with Gasteiger partial charge in [0.15, 0.2) is 5.78 Å². The highest BCUT2D eigenvalue weighted by atomic mass is 79.9. The van der Waals surface area contributed by atoms with Crippen LogP contribution in [-0.2, 0) is 14.3 Å². The number of nitrogens with two attached hydrogens (primary N) is 1. The van der Waals surface area contributed by atoms with Gasteiger partial charge in [0.2, 0.25) is 0 Å². The quantitative estimate of drug-likeness (QED) is 0.527. The highest BCUT2D eigenvalue weighted by Crippen LogP contribution is 2.50. The van der Waals surface area contributed by atoms with Gasteiger partial charge in [-0.1, -0.05) is 37.6 Å². The van der Waals surface area contributed by atoms with Gasteiger partial charge in [-0.05, 0) is 64.5 Å². The number of nitrogens with zero attached hydrogens (tertiary/aromatic N) is 2. The Morgan fingerprint density at radius 2 is 1.94 bits per heavy atom. The second-order valence-corrected chi connectivity index (χ2v) is 10.3. The molecule has 1 aromatic heterocycles. The lowest BCUT2D eigenvalue weighted by Gasteiger charge is -2.43. The highest BCUT2D eigenvalue weighted by molar-refractivity contribution is 9.10. The highest BCUT2D eigenvalue weighted by Gasteiger charge is 2.46. The minimum Gasteiger partial charge on any atom is -0.463 e. The number of carbonyl (C=O) groups is 2. The first-order chi connectivity index (χ1) is 15.6. The number of Topliss-reactive ketones (excluding diaryl/α,β-unsaturated/α-hetero) is 1. The van der Waals surface area contributed by atoms with E-state index in [0.717, 1.165) is 15.7 Å². The van der Waals surface area contributed by atoms with Crippen molar-refractivity contribution < 1.29 is 14.3 Å². The SMILES string of the molecule is CCOC(=O)C1=C(N)N(c2ccc(Br)cn2)C2=C(C(=O)CC(C)(C)C2)C1c1ccc(Cl)cc1. The van der Waals surface area contributed by atoms with Gasteiger partial charge in [-0.2, -0.15) is 0 Å². The topological polar surface area (TPSA) is 85.5 Å². The molecule has 0 bridgehead atoms. The fourth-order valence-corrected chi connectivity index (χ4v) is 4.93. The molecule has 2 aliphatic rings. The molecule has 1 unspecified atom stereocenters. The van der Waals surface area contributed by atoms with Crippen LogP contribution >= 0.6 is 27.5 Å². The Hall–Kier alpha value is -2.64. The summed E-state index contributed by atoms with van der Waals surface area (Å²) >= 11 is 9.53. The van der Waals surface area contributed by atoms with Crippen molar-refractivity contribution in [1.82, 2.24) is 4.98 Å². The lowest BCUT2D eigenvalue weighted by Crippen LogP contribution is -2.44. The molecule has 1 aliphatic carbocycles. The molecule has 2 aromatic rings. The smallest absolute Gasteiger partial charge is 0.338 e. The minimum atomic E-state index is -0.647. The zero-order valence-electron chi connectivity index (χ0n) is 18.7. The van der Waals surface area contributed by atoms with E-state index in [9.17, 15) is 9.59 Å². The predicted octanol–water partition coefficient (Wildman–Crippen LogP) is 5.48.